The molecule has 1 aliphatic heterocycles. The summed E-state index contributed by atoms with van der Waals surface area (Å²) in [5.41, 5.74) is -4.27. The van der Waals surface area contributed by atoms with Gasteiger partial charge in [0, 0.05) is 31.8 Å². The normalized spacial score (nSPS) is 16.8. The minimum atomic E-state index is -4.27. The molecular formula is C12H19F3N2O3S. The number of carboxylic acids is 1. The topological polar surface area (TPSA) is 69.6 Å². The second kappa shape index (κ2) is 8.35. The van der Waals surface area contributed by atoms with E-state index in [4.69, 9.17) is 5.11 Å². The number of thioether (sulfide) groups is 1. The summed E-state index contributed by atoms with van der Waals surface area (Å²) < 4.78 is 35.7. The number of carbonyl (C=O) groups excluding carboxylic acids is 1. The van der Waals surface area contributed by atoms with Gasteiger partial charge in [-0.1, -0.05) is 0 Å². The number of carboxylic acid groups (broad SMARTS) is 1. The molecule has 21 heavy (non-hydrogen) atoms. The van der Waals surface area contributed by atoms with Crippen LogP contribution in [-0.4, -0.2) is 52.9 Å². The average Bonchev–Trinajstić information content (AvgIpc) is 2.40. The molecule has 1 aliphatic rings. The summed E-state index contributed by atoms with van der Waals surface area (Å²) in [5, 5.41) is 11.1. The quantitative estimate of drug-likeness (QED) is 0.735. The molecule has 2 N–H and O–H groups in total. The van der Waals surface area contributed by atoms with E-state index in [-0.39, 0.29) is 36.5 Å². The van der Waals surface area contributed by atoms with Crippen molar-refractivity contribution in [2.24, 2.45) is 5.92 Å². The molecule has 0 aromatic heterocycles. The second-order valence-corrected chi connectivity index (χ2v) is 6.05. The lowest BCUT2D eigenvalue weighted by Crippen LogP contribution is -2.45. The highest BCUT2D eigenvalue weighted by molar-refractivity contribution is 8.00. The third kappa shape index (κ3) is 8.03. The first kappa shape index (κ1) is 17.9. The van der Waals surface area contributed by atoms with E-state index in [1.54, 1.807) is 4.90 Å². The van der Waals surface area contributed by atoms with E-state index < -0.39 is 11.5 Å². The fourth-order valence-electron chi connectivity index (χ4n) is 2.19. The zero-order valence-electron chi connectivity index (χ0n) is 11.5. The van der Waals surface area contributed by atoms with Gasteiger partial charge in [-0.2, -0.15) is 13.2 Å². The zero-order valence-corrected chi connectivity index (χ0v) is 12.3. The molecule has 1 fully saturated rings. The highest BCUT2D eigenvalue weighted by Crippen LogP contribution is 2.29. The lowest BCUT2D eigenvalue weighted by atomic mass is 9.92. The van der Waals surface area contributed by atoms with Crippen molar-refractivity contribution in [1.29, 1.82) is 0 Å². The van der Waals surface area contributed by atoms with Crippen molar-refractivity contribution in [2.75, 3.05) is 25.4 Å². The SMILES string of the molecule is O=C(O)CCC1CCN(C(=O)NCCSC(F)(F)F)CC1. The Morgan fingerprint density at radius 1 is 1.29 bits per heavy atom. The van der Waals surface area contributed by atoms with Crippen molar-refractivity contribution in [2.45, 2.75) is 31.2 Å². The zero-order chi connectivity index (χ0) is 15.9. The maximum Gasteiger partial charge on any atom is 0.441 e. The third-order valence-electron chi connectivity index (χ3n) is 3.31. The Bertz CT molecular complexity index is 358. The highest BCUT2D eigenvalue weighted by atomic mass is 32.2. The first-order valence-corrected chi connectivity index (χ1v) is 7.72. The molecular weight excluding hydrogens is 309 g/mol. The molecule has 0 spiro atoms. The molecule has 0 atom stereocenters. The van der Waals surface area contributed by atoms with Gasteiger partial charge in [-0.3, -0.25) is 4.79 Å². The van der Waals surface area contributed by atoms with Crippen LogP contribution >= 0.6 is 11.8 Å². The number of urea groups is 1. The van der Waals surface area contributed by atoms with Crippen LogP contribution < -0.4 is 5.32 Å². The van der Waals surface area contributed by atoms with Crippen LogP contribution in [0.4, 0.5) is 18.0 Å². The fraction of sp³-hybridized carbons (Fsp3) is 0.833. The number of likely N-dealkylation sites (tertiary alicyclic amines) is 1. The molecule has 0 saturated carbocycles. The molecule has 0 aromatic rings. The van der Waals surface area contributed by atoms with Gasteiger partial charge in [-0.05, 0) is 36.9 Å². The van der Waals surface area contributed by atoms with E-state index in [1.807, 2.05) is 0 Å². The molecule has 0 unspecified atom stereocenters. The average molecular weight is 328 g/mol. The van der Waals surface area contributed by atoms with Crippen molar-refractivity contribution in [3.63, 3.8) is 0 Å². The third-order valence-corrected chi connectivity index (χ3v) is 4.05. The van der Waals surface area contributed by atoms with Crippen LogP contribution in [0.1, 0.15) is 25.7 Å². The minimum absolute atomic E-state index is 0.0258. The van der Waals surface area contributed by atoms with Crippen LogP contribution in [-0.2, 0) is 4.79 Å². The standard InChI is InChI=1S/C12H19F3N2O3S/c13-12(14,15)21-8-5-16-11(20)17-6-3-9(4-7-17)1-2-10(18)19/h9H,1-8H2,(H,16,20)(H,18,19). The predicted molar refractivity (Wildman–Crippen MR) is 73.1 cm³/mol. The molecule has 122 valence electrons. The molecule has 1 rings (SSSR count). The fourth-order valence-corrected chi connectivity index (χ4v) is 2.62. The molecule has 2 amide bonds. The van der Waals surface area contributed by atoms with E-state index in [0.717, 1.165) is 12.8 Å². The van der Waals surface area contributed by atoms with E-state index in [0.29, 0.717) is 25.4 Å². The van der Waals surface area contributed by atoms with Gasteiger partial charge < -0.3 is 15.3 Å². The second-order valence-electron chi connectivity index (χ2n) is 4.89. The van der Waals surface area contributed by atoms with Gasteiger partial charge in [0.15, 0.2) is 0 Å². The largest absolute Gasteiger partial charge is 0.481 e. The smallest absolute Gasteiger partial charge is 0.441 e. The number of nitrogens with one attached hydrogen (secondary N) is 1. The Hall–Kier alpha value is -1.12. The number of hydrogen-bond acceptors (Lipinski definition) is 3. The van der Waals surface area contributed by atoms with Crippen LogP contribution in [0.2, 0.25) is 0 Å². The molecule has 0 bridgehead atoms. The van der Waals surface area contributed by atoms with Crippen molar-refractivity contribution < 1.29 is 27.9 Å². The number of rotatable bonds is 6. The molecule has 1 heterocycles. The Kier molecular flexibility index (Phi) is 7.13. The van der Waals surface area contributed by atoms with E-state index in [2.05, 4.69) is 5.32 Å². The van der Waals surface area contributed by atoms with Gasteiger partial charge in [-0.15, -0.1) is 0 Å². The van der Waals surface area contributed by atoms with Crippen molar-refractivity contribution in [3.05, 3.63) is 0 Å². The molecule has 5 nitrogen and oxygen atoms in total. The van der Waals surface area contributed by atoms with Gasteiger partial charge in [0.25, 0.3) is 0 Å². The number of aliphatic carboxylic acids is 1. The monoisotopic (exact) mass is 328 g/mol. The Morgan fingerprint density at radius 2 is 1.90 bits per heavy atom. The number of carbonyl (C=O) groups is 2. The van der Waals surface area contributed by atoms with Crippen LogP contribution in [0.25, 0.3) is 0 Å². The Morgan fingerprint density at radius 3 is 2.43 bits per heavy atom. The predicted octanol–water partition coefficient (Wildman–Crippen LogP) is 2.53. The minimum Gasteiger partial charge on any atom is -0.481 e. The summed E-state index contributed by atoms with van der Waals surface area (Å²) in [7, 11) is 0. The summed E-state index contributed by atoms with van der Waals surface area (Å²) in [6.07, 6.45) is 2.20. The summed E-state index contributed by atoms with van der Waals surface area (Å²) in [4.78, 5) is 23.8. The van der Waals surface area contributed by atoms with E-state index >= 15 is 0 Å². The van der Waals surface area contributed by atoms with Gasteiger partial charge >= 0.3 is 17.5 Å². The summed E-state index contributed by atoms with van der Waals surface area (Å²) in [6, 6.07) is -0.352. The summed E-state index contributed by atoms with van der Waals surface area (Å²) in [5.74, 6) is -0.729. The number of piperidine rings is 1. The Balaban J connectivity index is 2.15. The lowest BCUT2D eigenvalue weighted by molar-refractivity contribution is -0.137. The first-order chi connectivity index (χ1) is 9.78. The maximum atomic E-state index is 11.9. The van der Waals surface area contributed by atoms with Crippen molar-refractivity contribution in [1.82, 2.24) is 10.2 Å². The molecule has 0 radical (unpaired) electrons. The van der Waals surface area contributed by atoms with E-state index in [9.17, 15) is 22.8 Å². The van der Waals surface area contributed by atoms with Crippen molar-refractivity contribution >= 4 is 23.8 Å². The molecule has 1 saturated heterocycles. The number of amides is 2. The van der Waals surface area contributed by atoms with Gasteiger partial charge in [-0.25, -0.2) is 4.79 Å². The van der Waals surface area contributed by atoms with Gasteiger partial charge in [0.05, 0.1) is 0 Å². The van der Waals surface area contributed by atoms with Crippen LogP contribution in [0.15, 0.2) is 0 Å². The first-order valence-electron chi connectivity index (χ1n) is 6.73. The van der Waals surface area contributed by atoms with Gasteiger partial charge in [0.2, 0.25) is 0 Å². The molecule has 9 heteroatoms. The Labute approximate surface area is 125 Å². The van der Waals surface area contributed by atoms with Crippen molar-refractivity contribution in [3.8, 4) is 0 Å². The van der Waals surface area contributed by atoms with Gasteiger partial charge in [0.1, 0.15) is 0 Å². The number of hydrogen-bond donors (Lipinski definition) is 2. The molecule has 0 aliphatic carbocycles. The number of halogens is 3. The van der Waals surface area contributed by atoms with Crippen LogP contribution in [0.3, 0.4) is 0 Å². The molecule has 0 aromatic carbocycles. The number of alkyl halides is 3. The van der Waals surface area contributed by atoms with Crippen LogP contribution in [0, 0.1) is 5.92 Å². The summed E-state index contributed by atoms with van der Waals surface area (Å²) >= 11 is -0.157. The van der Waals surface area contributed by atoms with E-state index in [1.165, 1.54) is 0 Å². The summed E-state index contributed by atoms with van der Waals surface area (Å²) in [6.45, 7) is 1.01. The highest BCUT2D eigenvalue weighted by Gasteiger charge is 2.28. The maximum absolute atomic E-state index is 11.9. The van der Waals surface area contributed by atoms with Crippen LogP contribution in [0.5, 0.6) is 0 Å². The number of nitrogens with zero attached hydrogens (tertiary/aromatic N) is 1. The lowest BCUT2D eigenvalue weighted by Gasteiger charge is -2.31.